The quantitative estimate of drug-likeness (QED) is 0.0759. The Morgan fingerprint density at radius 3 is 1.75 bits per heavy atom. The van der Waals surface area contributed by atoms with Crippen molar-refractivity contribution in [2.45, 2.75) is 20.3 Å². The molecule has 0 fully saturated rings. The summed E-state index contributed by atoms with van der Waals surface area (Å²) in [5, 5.41) is 0. The van der Waals surface area contributed by atoms with Gasteiger partial charge in [0.1, 0.15) is 35.1 Å². The molecule has 0 N–H and O–H groups in total. The van der Waals surface area contributed by atoms with Crippen LogP contribution in [-0.2, 0) is 19.1 Å². The molecule has 0 radical (unpaired) electrons. The molecule has 0 aliphatic rings. The smallest absolute Gasteiger partial charge is 0.343 e. The van der Waals surface area contributed by atoms with E-state index in [0.29, 0.717) is 18.6 Å². The van der Waals surface area contributed by atoms with Gasteiger partial charge >= 0.3 is 11.9 Å². The number of methoxy groups -OCH3 is 2. The minimum atomic E-state index is -0.786. The van der Waals surface area contributed by atoms with Gasteiger partial charge in [-0.15, -0.1) is 0 Å². The first-order valence-corrected chi connectivity index (χ1v) is 13.8. The summed E-state index contributed by atoms with van der Waals surface area (Å²) in [4.78, 5) is 48.8. The molecule has 13 heteroatoms. The van der Waals surface area contributed by atoms with Crippen molar-refractivity contribution in [3.8, 4) is 11.5 Å². The number of hydrogen-bond donors (Lipinski definition) is 0. The minimum Gasteiger partial charge on any atom is -0.496 e. The molecule has 0 aromatic heterocycles. The zero-order valence-corrected chi connectivity index (χ0v) is 27.0. The molecule has 0 amide bonds. The van der Waals surface area contributed by atoms with Crippen molar-refractivity contribution in [1.29, 1.82) is 0 Å². The van der Waals surface area contributed by atoms with Crippen molar-refractivity contribution in [3.63, 3.8) is 0 Å². The van der Waals surface area contributed by atoms with Crippen molar-refractivity contribution in [2.24, 2.45) is 0 Å². The Morgan fingerprint density at radius 2 is 1.30 bits per heavy atom. The SMILES string of the molecule is CCOC(=O)C(=CN(C)C)C(=O)c1cc(I)c(OC)cc1F.CCOC(=O)CC(=O)c1cc(I)c(OC)cc1F. The lowest BCUT2D eigenvalue weighted by Crippen LogP contribution is -2.20. The zero-order chi connectivity index (χ0) is 30.6. The third kappa shape index (κ3) is 10.3. The lowest BCUT2D eigenvalue weighted by Gasteiger charge is -2.12. The summed E-state index contributed by atoms with van der Waals surface area (Å²) in [6.45, 7) is 3.58. The highest BCUT2D eigenvalue weighted by Crippen LogP contribution is 2.27. The molecule has 0 spiro atoms. The molecule has 218 valence electrons. The van der Waals surface area contributed by atoms with E-state index < -0.39 is 41.6 Å². The molecule has 0 bridgehead atoms. The number of ether oxygens (including phenoxy) is 4. The third-order valence-electron chi connectivity index (χ3n) is 4.77. The van der Waals surface area contributed by atoms with Gasteiger partial charge in [-0.3, -0.25) is 14.4 Å². The second kappa shape index (κ2) is 17.1. The number of esters is 2. The van der Waals surface area contributed by atoms with Gasteiger partial charge < -0.3 is 23.8 Å². The maximum Gasteiger partial charge on any atom is 0.343 e. The van der Waals surface area contributed by atoms with Crippen LogP contribution in [0.2, 0.25) is 0 Å². The summed E-state index contributed by atoms with van der Waals surface area (Å²) >= 11 is 3.86. The van der Waals surface area contributed by atoms with Gasteiger partial charge in [0.2, 0.25) is 5.78 Å². The summed E-state index contributed by atoms with van der Waals surface area (Å²) in [5.41, 5.74) is -0.564. The Bertz CT molecular complexity index is 1280. The molecule has 0 saturated heterocycles. The fourth-order valence-electron chi connectivity index (χ4n) is 3.01. The molecular weight excluding hydrogens is 758 g/mol. The van der Waals surface area contributed by atoms with E-state index in [2.05, 4.69) is 4.74 Å². The zero-order valence-electron chi connectivity index (χ0n) is 22.7. The van der Waals surface area contributed by atoms with Gasteiger partial charge in [0.25, 0.3) is 0 Å². The summed E-state index contributed by atoms with van der Waals surface area (Å²) in [7, 11) is 6.13. The Kier molecular flexibility index (Phi) is 15.0. The van der Waals surface area contributed by atoms with E-state index in [1.807, 2.05) is 45.2 Å². The van der Waals surface area contributed by atoms with Gasteiger partial charge in [0, 0.05) is 32.4 Å². The molecule has 0 aliphatic carbocycles. The number of carbonyl (C=O) groups is 4. The van der Waals surface area contributed by atoms with Gasteiger partial charge in [0.15, 0.2) is 5.78 Å². The maximum atomic E-state index is 14.1. The van der Waals surface area contributed by atoms with E-state index in [0.717, 1.165) is 12.1 Å². The molecular formula is C27H29F2I2NO8. The third-order valence-corrected chi connectivity index (χ3v) is 6.45. The molecule has 0 aliphatic heterocycles. The molecule has 9 nitrogen and oxygen atoms in total. The average molecular weight is 787 g/mol. The van der Waals surface area contributed by atoms with Crippen LogP contribution >= 0.6 is 45.2 Å². The van der Waals surface area contributed by atoms with Crippen molar-refractivity contribution in [3.05, 3.63) is 65.9 Å². The number of hydrogen-bond acceptors (Lipinski definition) is 9. The fraction of sp³-hybridized carbons (Fsp3) is 0.333. The summed E-state index contributed by atoms with van der Waals surface area (Å²) < 4.78 is 48.4. The molecule has 2 rings (SSSR count). The van der Waals surface area contributed by atoms with Crippen LogP contribution < -0.4 is 9.47 Å². The van der Waals surface area contributed by atoms with Crippen LogP contribution in [-0.4, -0.2) is 69.9 Å². The van der Waals surface area contributed by atoms with Crippen molar-refractivity contribution in [1.82, 2.24) is 4.90 Å². The van der Waals surface area contributed by atoms with E-state index >= 15 is 0 Å². The minimum absolute atomic E-state index is 0.125. The fourth-order valence-corrected chi connectivity index (χ4v) is 4.39. The van der Waals surface area contributed by atoms with Crippen LogP contribution in [0.15, 0.2) is 36.0 Å². The number of carbonyl (C=O) groups excluding carboxylic acids is 4. The second-order valence-electron chi connectivity index (χ2n) is 7.89. The predicted octanol–water partition coefficient (Wildman–Crippen LogP) is 5.21. The lowest BCUT2D eigenvalue weighted by atomic mass is 10.0. The molecule has 2 aromatic rings. The number of nitrogens with zero attached hydrogens (tertiary/aromatic N) is 1. The van der Waals surface area contributed by atoms with Crippen LogP contribution in [0, 0.1) is 18.8 Å². The second-order valence-corrected chi connectivity index (χ2v) is 10.2. The van der Waals surface area contributed by atoms with Crippen LogP contribution in [0.4, 0.5) is 8.78 Å². The van der Waals surface area contributed by atoms with E-state index in [9.17, 15) is 28.0 Å². The molecule has 0 unspecified atom stereocenters. The van der Waals surface area contributed by atoms with Crippen molar-refractivity contribution < 1.29 is 46.9 Å². The molecule has 40 heavy (non-hydrogen) atoms. The van der Waals surface area contributed by atoms with Crippen LogP contribution in [0.3, 0.4) is 0 Å². The standard InChI is InChI=1S/C15H17FINO4.C12H12FIO4/c1-5-22-15(20)10(8-18(2)3)14(19)9-6-12(17)13(21-4)7-11(9)16;1-3-18-12(16)6-10(15)7-4-9(14)11(17-2)5-8(7)13/h6-8H,5H2,1-4H3;4-5H,3,6H2,1-2H3. The highest BCUT2D eigenvalue weighted by atomic mass is 127. The van der Waals surface area contributed by atoms with Gasteiger partial charge in [-0.05, 0) is 71.2 Å². The van der Waals surface area contributed by atoms with E-state index in [4.69, 9.17) is 14.2 Å². The first-order chi connectivity index (χ1) is 18.8. The van der Waals surface area contributed by atoms with Crippen LogP contribution in [0.25, 0.3) is 0 Å². The molecule has 0 heterocycles. The van der Waals surface area contributed by atoms with Gasteiger partial charge in [0.05, 0.1) is 45.7 Å². The first kappa shape index (κ1) is 35.2. The summed E-state index contributed by atoms with van der Waals surface area (Å²) in [5.74, 6) is -3.57. The van der Waals surface area contributed by atoms with E-state index in [1.165, 1.54) is 37.5 Å². The number of Topliss-reactive ketones (excluding diaryl/α,β-unsaturated/α-hetero) is 2. The van der Waals surface area contributed by atoms with Crippen molar-refractivity contribution in [2.75, 3.05) is 41.5 Å². The Balaban J connectivity index is 0.000000408. The summed E-state index contributed by atoms with van der Waals surface area (Å²) in [6, 6.07) is 4.95. The molecule has 2 aromatic carbocycles. The average Bonchev–Trinajstić information content (AvgIpc) is 2.89. The first-order valence-electron chi connectivity index (χ1n) is 11.7. The van der Waals surface area contributed by atoms with Crippen molar-refractivity contribution >= 4 is 68.7 Å². The Labute approximate surface area is 258 Å². The topological polar surface area (TPSA) is 108 Å². The number of benzene rings is 2. The molecule has 0 atom stereocenters. The highest BCUT2D eigenvalue weighted by molar-refractivity contribution is 14.1. The lowest BCUT2D eigenvalue weighted by molar-refractivity contribution is -0.142. The van der Waals surface area contributed by atoms with E-state index in [1.54, 1.807) is 27.9 Å². The highest BCUT2D eigenvalue weighted by Gasteiger charge is 2.25. The number of ketones is 2. The Morgan fingerprint density at radius 1 is 0.825 bits per heavy atom. The predicted molar refractivity (Wildman–Crippen MR) is 160 cm³/mol. The van der Waals surface area contributed by atoms with Gasteiger partial charge in [-0.2, -0.15) is 0 Å². The largest absolute Gasteiger partial charge is 0.496 e. The van der Waals surface area contributed by atoms with Gasteiger partial charge in [-0.1, -0.05) is 0 Å². The van der Waals surface area contributed by atoms with Crippen LogP contribution in [0.5, 0.6) is 11.5 Å². The van der Waals surface area contributed by atoms with Crippen LogP contribution in [0.1, 0.15) is 41.0 Å². The monoisotopic (exact) mass is 787 g/mol. The number of rotatable bonds is 11. The maximum absolute atomic E-state index is 14.1. The number of halogens is 4. The van der Waals surface area contributed by atoms with Gasteiger partial charge in [-0.25, -0.2) is 13.6 Å². The summed E-state index contributed by atoms with van der Waals surface area (Å²) in [6.07, 6.45) is 0.851. The van der Waals surface area contributed by atoms with E-state index in [-0.39, 0.29) is 29.9 Å². The normalized spacial score (nSPS) is 10.6. The Hall–Kier alpha value is -2.82. The molecule has 0 saturated carbocycles.